The fourth-order valence-electron chi connectivity index (χ4n) is 2.50. The molecule has 1 aliphatic heterocycles. The molecular weight excluding hydrogens is 264 g/mol. The molecule has 21 heavy (non-hydrogen) atoms. The molecule has 0 atom stereocenters. The predicted molar refractivity (Wildman–Crippen MR) is 84.8 cm³/mol. The van der Waals surface area contributed by atoms with Crippen molar-refractivity contribution in [1.82, 2.24) is 9.97 Å². The molecule has 0 amide bonds. The second kappa shape index (κ2) is 6.10. The van der Waals surface area contributed by atoms with Crippen LogP contribution in [0.25, 0.3) is 11.1 Å². The average Bonchev–Trinajstić information content (AvgIpc) is 2.56. The van der Waals surface area contributed by atoms with Crippen LogP contribution in [0.3, 0.4) is 0 Å². The molecule has 0 aliphatic carbocycles. The average molecular weight is 284 g/mol. The molecule has 0 radical (unpaired) electrons. The van der Waals surface area contributed by atoms with Crippen molar-refractivity contribution < 1.29 is 4.74 Å². The zero-order chi connectivity index (χ0) is 14.7. The topological polar surface area (TPSA) is 41.5 Å². The van der Waals surface area contributed by atoms with Gasteiger partial charge in [-0.2, -0.15) is 0 Å². The van der Waals surface area contributed by atoms with Crippen molar-refractivity contribution in [3.05, 3.63) is 36.8 Å². The second-order valence-electron chi connectivity index (χ2n) is 5.30. The summed E-state index contributed by atoms with van der Waals surface area (Å²) in [4.78, 5) is 13.2. The molecule has 2 aromatic heterocycles. The van der Waals surface area contributed by atoms with Gasteiger partial charge in [0.05, 0.1) is 18.9 Å². The first kappa shape index (κ1) is 13.8. The number of ether oxygens (including phenoxy) is 1. The summed E-state index contributed by atoms with van der Waals surface area (Å²) in [5, 5.41) is 0. The third-order valence-corrected chi connectivity index (χ3v) is 3.65. The number of aromatic nitrogens is 2. The van der Waals surface area contributed by atoms with Crippen LogP contribution in [0.1, 0.15) is 0 Å². The van der Waals surface area contributed by atoms with Crippen LogP contribution in [0.5, 0.6) is 0 Å². The highest BCUT2D eigenvalue weighted by Gasteiger charge is 2.18. The number of hydrogen-bond acceptors (Lipinski definition) is 5. The van der Waals surface area contributed by atoms with Crippen molar-refractivity contribution in [1.29, 1.82) is 0 Å². The molecule has 0 bridgehead atoms. The highest BCUT2D eigenvalue weighted by molar-refractivity contribution is 5.75. The van der Waals surface area contributed by atoms with E-state index in [1.54, 1.807) is 12.4 Å². The highest BCUT2D eigenvalue weighted by Crippen LogP contribution is 2.31. The number of morpholine rings is 1. The lowest BCUT2D eigenvalue weighted by Crippen LogP contribution is -2.37. The van der Waals surface area contributed by atoms with Crippen LogP contribution < -0.4 is 9.80 Å². The van der Waals surface area contributed by atoms with Crippen molar-refractivity contribution in [3.63, 3.8) is 0 Å². The van der Waals surface area contributed by atoms with Crippen molar-refractivity contribution in [2.45, 2.75) is 0 Å². The van der Waals surface area contributed by atoms with Gasteiger partial charge in [0, 0.05) is 51.3 Å². The van der Waals surface area contributed by atoms with E-state index in [1.807, 2.05) is 18.3 Å². The summed E-state index contributed by atoms with van der Waals surface area (Å²) in [5.74, 6) is 1.03. The summed E-state index contributed by atoms with van der Waals surface area (Å²) in [6, 6.07) is 6.20. The van der Waals surface area contributed by atoms with E-state index in [4.69, 9.17) is 9.72 Å². The van der Waals surface area contributed by atoms with Gasteiger partial charge in [-0.25, -0.2) is 4.98 Å². The monoisotopic (exact) mass is 284 g/mol. The van der Waals surface area contributed by atoms with Gasteiger partial charge in [0.25, 0.3) is 0 Å². The summed E-state index contributed by atoms with van der Waals surface area (Å²) in [6.07, 6.45) is 5.55. The lowest BCUT2D eigenvalue weighted by molar-refractivity contribution is 0.122. The SMILES string of the molecule is CN(C)c1cc(-c2ccncc2)cnc1N1CCOCC1. The van der Waals surface area contributed by atoms with E-state index in [0.717, 1.165) is 48.9 Å². The highest BCUT2D eigenvalue weighted by atomic mass is 16.5. The van der Waals surface area contributed by atoms with E-state index in [-0.39, 0.29) is 0 Å². The molecule has 3 rings (SSSR count). The normalized spacial score (nSPS) is 15.0. The molecule has 0 saturated carbocycles. The van der Waals surface area contributed by atoms with Crippen LogP contribution in [0.15, 0.2) is 36.8 Å². The quantitative estimate of drug-likeness (QED) is 0.863. The summed E-state index contributed by atoms with van der Waals surface area (Å²) < 4.78 is 5.42. The Kier molecular flexibility index (Phi) is 4.01. The number of anilines is 2. The molecule has 1 saturated heterocycles. The van der Waals surface area contributed by atoms with Gasteiger partial charge in [-0.15, -0.1) is 0 Å². The Balaban J connectivity index is 1.98. The van der Waals surface area contributed by atoms with E-state index < -0.39 is 0 Å². The molecule has 0 spiro atoms. The first-order chi connectivity index (χ1) is 10.3. The lowest BCUT2D eigenvalue weighted by Gasteiger charge is -2.31. The van der Waals surface area contributed by atoms with Crippen LogP contribution in [-0.4, -0.2) is 50.4 Å². The summed E-state index contributed by atoms with van der Waals surface area (Å²) in [6.45, 7) is 3.31. The van der Waals surface area contributed by atoms with E-state index in [2.05, 4.69) is 34.9 Å². The number of rotatable bonds is 3. The minimum atomic E-state index is 0.765. The third kappa shape index (κ3) is 2.97. The summed E-state index contributed by atoms with van der Waals surface area (Å²) in [7, 11) is 4.11. The maximum Gasteiger partial charge on any atom is 0.152 e. The van der Waals surface area contributed by atoms with Gasteiger partial charge in [-0.3, -0.25) is 4.98 Å². The Morgan fingerprint density at radius 3 is 2.48 bits per heavy atom. The van der Waals surface area contributed by atoms with Crippen molar-refractivity contribution in [2.24, 2.45) is 0 Å². The molecule has 0 N–H and O–H groups in total. The number of hydrogen-bond donors (Lipinski definition) is 0. The first-order valence-electron chi connectivity index (χ1n) is 7.16. The Labute approximate surface area is 125 Å². The smallest absolute Gasteiger partial charge is 0.152 e. The third-order valence-electron chi connectivity index (χ3n) is 3.65. The van der Waals surface area contributed by atoms with Crippen molar-refractivity contribution in [2.75, 3.05) is 50.2 Å². The Morgan fingerprint density at radius 2 is 1.81 bits per heavy atom. The van der Waals surface area contributed by atoms with Gasteiger partial charge in [0.15, 0.2) is 5.82 Å². The molecule has 3 heterocycles. The predicted octanol–water partition coefficient (Wildman–Crippen LogP) is 2.05. The maximum atomic E-state index is 5.42. The molecule has 0 aromatic carbocycles. The van der Waals surface area contributed by atoms with Crippen LogP contribution in [0.4, 0.5) is 11.5 Å². The summed E-state index contributed by atoms with van der Waals surface area (Å²) >= 11 is 0. The van der Waals surface area contributed by atoms with Crippen LogP contribution in [-0.2, 0) is 4.74 Å². The minimum Gasteiger partial charge on any atom is -0.378 e. The fraction of sp³-hybridized carbons (Fsp3) is 0.375. The van der Waals surface area contributed by atoms with Gasteiger partial charge in [-0.05, 0) is 23.8 Å². The fourth-order valence-corrected chi connectivity index (χ4v) is 2.50. The molecule has 2 aromatic rings. The minimum absolute atomic E-state index is 0.765. The number of pyridine rings is 2. The van der Waals surface area contributed by atoms with E-state index in [9.17, 15) is 0 Å². The molecular formula is C16H20N4O. The largest absolute Gasteiger partial charge is 0.378 e. The maximum absolute atomic E-state index is 5.42. The van der Waals surface area contributed by atoms with Crippen molar-refractivity contribution >= 4 is 11.5 Å². The number of nitrogens with zero attached hydrogens (tertiary/aromatic N) is 4. The molecule has 110 valence electrons. The van der Waals surface area contributed by atoms with Crippen LogP contribution in [0.2, 0.25) is 0 Å². The second-order valence-corrected chi connectivity index (χ2v) is 5.30. The van der Waals surface area contributed by atoms with E-state index in [1.165, 1.54) is 0 Å². The van der Waals surface area contributed by atoms with Gasteiger partial charge in [0.1, 0.15) is 0 Å². The van der Waals surface area contributed by atoms with Crippen molar-refractivity contribution in [3.8, 4) is 11.1 Å². The van der Waals surface area contributed by atoms with Gasteiger partial charge in [-0.1, -0.05) is 0 Å². The Morgan fingerprint density at radius 1 is 1.10 bits per heavy atom. The van der Waals surface area contributed by atoms with Crippen LogP contribution >= 0.6 is 0 Å². The summed E-state index contributed by atoms with van der Waals surface area (Å²) in [5.41, 5.74) is 3.37. The zero-order valence-corrected chi connectivity index (χ0v) is 12.5. The first-order valence-corrected chi connectivity index (χ1v) is 7.16. The molecule has 0 unspecified atom stereocenters. The Bertz CT molecular complexity index is 594. The zero-order valence-electron chi connectivity index (χ0n) is 12.5. The molecule has 5 nitrogen and oxygen atoms in total. The standard InChI is InChI=1S/C16H20N4O/c1-19(2)15-11-14(13-3-5-17-6-4-13)12-18-16(15)20-7-9-21-10-8-20/h3-6,11-12H,7-10H2,1-2H3. The molecule has 5 heteroatoms. The molecule has 1 aliphatic rings. The Hall–Kier alpha value is -2.14. The van der Waals surface area contributed by atoms with E-state index >= 15 is 0 Å². The van der Waals surface area contributed by atoms with Gasteiger partial charge >= 0.3 is 0 Å². The van der Waals surface area contributed by atoms with E-state index in [0.29, 0.717) is 0 Å². The van der Waals surface area contributed by atoms with Crippen LogP contribution in [0, 0.1) is 0 Å². The lowest BCUT2D eigenvalue weighted by atomic mass is 10.1. The molecule has 1 fully saturated rings. The van der Waals surface area contributed by atoms with Gasteiger partial charge < -0.3 is 14.5 Å². The van der Waals surface area contributed by atoms with Gasteiger partial charge in [0.2, 0.25) is 0 Å².